The Morgan fingerprint density at radius 1 is 1.26 bits per heavy atom. The molecule has 0 atom stereocenters. The first kappa shape index (κ1) is 13.4. The number of nitrogens with one attached hydrogen (secondary N) is 1. The van der Waals surface area contributed by atoms with Gasteiger partial charge in [-0.2, -0.15) is 0 Å². The van der Waals surface area contributed by atoms with Crippen LogP contribution in [0.5, 0.6) is 0 Å². The summed E-state index contributed by atoms with van der Waals surface area (Å²) < 4.78 is 2.05. The molecule has 0 unspecified atom stereocenters. The third kappa shape index (κ3) is 3.45. The molecule has 1 aromatic carbocycles. The van der Waals surface area contributed by atoms with Gasteiger partial charge in [-0.15, -0.1) is 0 Å². The monoisotopic (exact) mass is 321 g/mol. The van der Waals surface area contributed by atoms with Crippen LogP contribution in [-0.4, -0.2) is 10.5 Å². The van der Waals surface area contributed by atoms with Gasteiger partial charge in [0.25, 0.3) is 5.56 Å². The van der Waals surface area contributed by atoms with Gasteiger partial charge in [-0.1, -0.05) is 12.1 Å². The summed E-state index contributed by atoms with van der Waals surface area (Å²) >= 11 is 3.33. The number of nitrogen functional groups attached to an aromatic ring is 1. The Bertz CT molecular complexity index is 667. The second-order valence-electron chi connectivity index (χ2n) is 3.96. The van der Waals surface area contributed by atoms with Crippen molar-refractivity contribution in [1.82, 2.24) is 4.57 Å². The zero-order valence-corrected chi connectivity index (χ0v) is 11.6. The topological polar surface area (TPSA) is 77.1 Å². The maximum absolute atomic E-state index is 11.9. The fourth-order valence-corrected chi connectivity index (χ4v) is 1.96. The third-order valence-electron chi connectivity index (χ3n) is 2.47. The number of nitrogens with two attached hydrogens (primary N) is 1. The van der Waals surface area contributed by atoms with Crippen molar-refractivity contribution < 1.29 is 4.79 Å². The van der Waals surface area contributed by atoms with Crippen LogP contribution in [0.1, 0.15) is 0 Å². The predicted octanol–water partition coefficient (Wildman–Crippen LogP) is 1.83. The van der Waals surface area contributed by atoms with Crippen LogP contribution in [0.3, 0.4) is 0 Å². The van der Waals surface area contributed by atoms with Crippen molar-refractivity contribution in [3.8, 4) is 0 Å². The van der Waals surface area contributed by atoms with Gasteiger partial charge in [0.05, 0.1) is 5.69 Å². The third-order valence-corrected chi connectivity index (χ3v) is 3.16. The lowest BCUT2D eigenvalue weighted by molar-refractivity contribution is -0.116. The number of halogens is 1. The molecular formula is C13H12BrN3O2. The average molecular weight is 322 g/mol. The summed E-state index contributed by atoms with van der Waals surface area (Å²) in [7, 11) is 0. The summed E-state index contributed by atoms with van der Waals surface area (Å²) in [6.45, 7) is -0.0782. The van der Waals surface area contributed by atoms with Crippen molar-refractivity contribution in [3.63, 3.8) is 0 Å². The van der Waals surface area contributed by atoms with E-state index in [-0.39, 0.29) is 18.0 Å². The summed E-state index contributed by atoms with van der Waals surface area (Å²) in [6.07, 6.45) is 1.45. The number of anilines is 2. The first-order valence-electron chi connectivity index (χ1n) is 5.56. The second kappa shape index (κ2) is 5.71. The van der Waals surface area contributed by atoms with Crippen LogP contribution in [0, 0.1) is 0 Å². The summed E-state index contributed by atoms with van der Waals surface area (Å²) in [4.78, 5) is 23.4. The van der Waals surface area contributed by atoms with Crippen molar-refractivity contribution in [2.75, 3.05) is 11.1 Å². The molecule has 5 nitrogen and oxygen atoms in total. The van der Waals surface area contributed by atoms with Gasteiger partial charge in [-0.3, -0.25) is 9.59 Å². The molecule has 0 aliphatic rings. The van der Waals surface area contributed by atoms with Crippen molar-refractivity contribution in [1.29, 1.82) is 0 Å². The Balaban J connectivity index is 2.12. The fraction of sp³-hybridized carbons (Fsp3) is 0.0769. The number of carbonyl (C=O) groups is 1. The first-order chi connectivity index (χ1) is 9.06. The van der Waals surface area contributed by atoms with E-state index in [2.05, 4.69) is 21.2 Å². The molecule has 0 aliphatic heterocycles. The van der Waals surface area contributed by atoms with Crippen molar-refractivity contribution in [2.45, 2.75) is 6.54 Å². The molecule has 3 N–H and O–H groups in total. The molecule has 19 heavy (non-hydrogen) atoms. The van der Waals surface area contributed by atoms with Crippen LogP contribution in [0.2, 0.25) is 0 Å². The normalized spacial score (nSPS) is 10.2. The minimum atomic E-state index is -0.292. The molecule has 0 bridgehead atoms. The molecular weight excluding hydrogens is 310 g/mol. The van der Waals surface area contributed by atoms with Crippen LogP contribution in [0.15, 0.2) is 51.9 Å². The van der Waals surface area contributed by atoms with E-state index in [1.807, 2.05) is 18.2 Å². The van der Waals surface area contributed by atoms with Gasteiger partial charge in [0.2, 0.25) is 5.91 Å². The highest BCUT2D eigenvalue weighted by Gasteiger charge is 2.07. The highest BCUT2D eigenvalue weighted by Crippen LogP contribution is 2.20. The lowest BCUT2D eigenvalue weighted by Gasteiger charge is -2.09. The van der Waals surface area contributed by atoms with Crippen LogP contribution in [-0.2, 0) is 11.3 Å². The highest BCUT2D eigenvalue weighted by atomic mass is 79.9. The van der Waals surface area contributed by atoms with Gasteiger partial charge in [-0.05, 0) is 34.1 Å². The predicted molar refractivity (Wildman–Crippen MR) is 77.9 cm³/mol. The second-order valence-corrected chi connectivity index (χ2v) is 4.81. The molecule has 1 aromatic heterocycles. The zero-order chi connectivity index (χ0) is 13.8. The minimum Gasteiger partial charge on any atom is -0.398 e. The number of rotatable bonds is 3. The molecule has 98 valence electrons. The van der Waals surface area contributed by atoms with Gasteiger partial charge in [-0.25, -0.2) is 0 Å². The smallest absolute Gasteiger partial charge is 0.251 e. The van der Waals surface area contributed by atoms with Crippen molar-refractivity contribution in [3.05, 3.63) is 57.4 Å². The number of benzene rings is 1. The quantitative estimate of drug-likeness (QED) is 0.905. The molecule has 0 saturated heterocycles. The van der Waals surface area contributed by atoms with Crippen LogP contribution < -0.4 is 16.6 Å². The lowest BCUT2D eigenvalue weighted by atomic mass is 10.3. The molecule has 0 saturated carbocycles. The number of para-hydroxylation sites is 1. The van der Waals surface area contributed by atoms with E-state index in [0.29, 0.717) is 11.4 Å². The molecule has 0 aliphatic carbocycles. The summed E-state index contributed by atoms with van der Waals surface area (Å²) in [5.74, 6) is -0.292. The minimum absolute atomic E-state index is 0.0782. The van der Waals surface area contributed by atoms with Crippen molar-refractivity contribution in [2.24, 2.45) is 0 Å². The SMILES string of the molecule is Nc1ccc(=O)n(CC(=O)Nc2ccccc2Br)c1. The van der Waals surface area contributed by atoms with E-state index in [1.165, 1.54) is 22.9 Å². The molecule has 0 fully saturated rings. The zero-order valence-electron chi connectivity index (χ0n) is 9.97. The van der Waals surface area contributed by atoms with Crippen LogP contribution >= 0.6 is 15.9 Å². The van der Waals surface area contributed by atoms with Gasteiger partial charge in [0.15, 0.2) is 0 Å². The number of carbonyl (C=O) groups excluding carboxylic acids is 1. The maximum Gasteiger partial charge on any atom is 0.251 e. The molecule has 2 aromatic rings. The Morgan fingerprint density at radius 3 is 2.74 bits per heavy atom. The Hall–Kier alpha value is -2.08. The van der Waals surface area contributed by atoms with Gasteiger partial charge < -0.3 is 15.6 Å². The largest absolute Gasteiger partial charge is 0.398 e. The first-order valence-corrected chi connectivity index (χ1v) is 6.36. The summed E-state index contributed by atoms with van der Waals surface area (Å²) in [5, 5.41) is 2.72. The number of hydrogen-bond donors (Lipinski definition) is 2. The van der Waals surface area contributed by atoms with E-state index < -0.39 is 0 Å². The number of nitrogens with zero attached hydrogens (tertiary/aromatic N) is 1. The van der Waals surface area contributed by atoms with Crippen LogP contribution in [0.4, 0.5) is 11.4 Å². The molecule has 1 amide bonds. The lowest BCUT2D eigenvalue weighted by Crippen LogP contribution is -2.27. The number of hydrogen-bond acceptors (Lipinski definition) is 3. The number of aromatic nitrogens is 1. The number of pyridine rings is 1. The standard InChI is InChI=1S/C13H12BrN3O2/c14-10-3-1-2-4-11(10)16-12(18)8-17-7-9(15)5-6-13(17)19/h1-7H,8,15H2,(H,16,18). The molecule has 6 heteroatoms. The average Bonchev–Trinajstić information content (AvgIpc) is 2.37. The Morgan fingerprint density at radius 2 is 2.00 bits per heavy atom. The molecule has 2 rings (SSSR count). The van der Waals surface area contributed by atoms with E-state index in [4.69, 9.17) is 5.73 Å². The maximum atomic E-state index is 11.9. The molecule has 0 radical (unpaired) electrons. The van der Waals surface area contributed by atoms with Gasteiger partial charge >= 0.3 is 0 Å². The highest BCUT2D eigenvalue weighted by molar-refractivity contribution is 9.10. The van der Waals surface area contributed by atoms with Gasteiger partial charge in [0.1, 0.15) is 6.54 Å². The fourth-order valence-electron chi connectivity index (χ4n) is 1.58. The van der Waals surface area contributed by atoms with E-state index in [0.717, 1.165) is 4.47 Å². The van der Waals surface area contributed by atoms with E-state index >= 15 is 0 Å². The van der Waals surface area contributed by atoms with E-state index in [9.17, 15) is 9.59 Å². The van der Waals surface area contributed by atoms with E-state index in [1.54, 1.807) is 6.07 Å². The summed E-state index contributed by atoms with van der Waals surface area (Å²) in [5.41, 5.74) is 6.41. The Labute approximate surface area is 118 Å². The Kier molecular flexibility index (Phi) is 4.01. The molecule has 0 spiro atoms. The van der Waals surface area contributed by atoms with Gasteiger partial charge in [0, 0.05) is 22.4 Å². The van der Waals surface area contributed by atoms with Crippen LogP contribution in [0.25, 0.3) is 0 Å². The summed E-state index contributed by atoms with van der Waals surface area (Å²) in [6, 6.07) is 10.1. The molecule has 1 heterocycles. The number of amides is 1. The van der Waals surface area contributed by atoms with Crippen molar-refractivity contribution >= 4 is 33.2 Å².